The van der Waals surface area contributed by atoms with Crippen molar-refractivity contribution in [1.82, 2.24) is 0 Å². The van der Waals surface area contributed by atoms with Gasteiger partial charge in [0, 0.05) is 12.4 Å². The molecular formula is C21H26ClNO3. The highest BCUT2D eigenvalue weighted by Crippen LogP contribution is 2.26. The molecule has 2 aromatic carbocycles. The molecule has 0 bridgehead atoms. The maximum atomic E-state index is 10.5. The maximum absolute atomic E-state index is 10.5. The van der Waals surface area contributed by atoms with E-state index in [0.29, 0.717) is 22.9 Å². The number of ether oxygens (including phenoxy) is 1. The minimum absolute atomic E-state index is 0.154. The zero-order chi connectivity index (χ0) is 18.8. The average molecular weight is 376 g/mol. The summed E-state index contributed by atoms with van der Waals surface area (Å²) in [6.45, 7) is 0.417. The smallest absolute Gasteiger partial charge is 0.138 e. The standard InChI is InChI=1S/C15H13ClO3.C6H13N/c16-13-8-12(9-15(17)18)6-7-14(13)19-10-11-4-2-1-3-5-11;7-6-4-2-1-3-5-6/h1-8H,9-10H2,(H,17,18);6H,1-5,7H2. The van der Waals surface area contributed by atoms with Crippen LogP contribution in [0, 0.1) is 0 Å². The largest absolute Gasteiger partial charge is 0.550 e. The Morgan fingerprint density at radius 2 is 1.77 bits per heavy atom. The first-order valence-corrected chi connectivity index (χ1v) is 9.40. The van der Waals surface area contributed by atoms with Crippen LogP contribution >= 0.6 is 11.6 Å². The summed E-state index contributed by atoms with van der Waals surface area (Å²) in [5, 5.41) is 10.9. The van der Waals surface area contributed by atoms with E-state index in [-0.39, 0.29) is 6.42 Å². The minimum atomic E-state index is -1.13. The molecule has 0 radical (unpaired) electrons. The van der Waals surface area contributed by atoms with Gasteiger partial charge in [-0.3, -0.25) is 0 Å². The van der Waals surface area contributed by atoms with Gasteiger partial charge in [0.05, 0.1) is 11.1 Å². The molecule has 0 saturated heterocycles. The fraction of sp³-hybridized carbons (Fsp3) is 0.381. The number of carbonyl (C=O) groups is 1. The molecule has 0 heterocycles. The number of carboxylic acids is 1. The molecule has 140 valence electrons. The summed E-state index contributed by atoms with van der Waals surface area (Å²) in [4.78, 5) is 10.5. The van der Waals surface area contributed by atoms with Crippen molar-refractivity contribution in [2.75, 3.05) is 0 Å². The van der Waals surface area contributed by atoms with Crippen LogP contribution in [-0.2, 0) is 17.8 Å². The van der Waals surface area contributed by atoms with Crippen LogP contribution < -0.4 is 15.6 Å². The van der Waals surface area contributed by atoms with E-state index in [1.807, 2.05) is 30.3 Å². The third-order valence-electron chi connectivity index (χ3n) is 4.31. The first kappa shape index (κ1) is 20.3. The van der Waals surface area contributed by atoms with E-state index in [1.54, 1.807) is 18.2 Å². The second-order valence-electron chi connectivity index (χ2n) is 6.59. The molecular weight excluding hydrogens is 350 g/mol. The molecule has 0 amide bonds. The maximum Gasteiger partial charge on any atom is 0.138 e. The normalized spacial score (nSPS) is 14.2. The second-order valence-corrected chi connectivity index (χ2v) is 7.00. The minimum Gasteiger partial charge on any atom is -0.550 e. The molecule has 2 aromatic rings. The van der Waals surface area contributed by atoms with Gasteiger partial charge in [0.15, 0.2) is 0 Å². The van der Waals surface area contributed by atoms with Gasteiger partial charge in [0.2, 0.25) is 0 Å². The molecule has 1 aliphatic carbocycles. The molecule has 0 unspecified atom stereocenters. The lowest BCUT2D eigenvalue weighted by Gasteiger charge is -2.12. The molecule has 3 N–H and O–H groups in total. The highest BCUT2D eigenvalue weighted by Gasteiger charge is 2.09. The van der Waals surface area contributed by atoms with Crippen LogP contribution in [0.15, 0.2) is 48.5 Å². The van der Waals surface area contributed by atoms with Gasteiger partial charge in [0.25, 0.3) is 0 Å². The summed E-state index contributed by atoms with van der Waals surface area (Å²) in [6, 6.07) is 15.4. The van der Waals surface area contributed by atoms with Crippen molar-refractivity contribution in [3.63, 3.8) is 0 Å². The number of quaternary nitrogens is 1. The third kappa shape index (κ3) is 7.46. The first-order chi connectivity index (χ1) is 12.5. The Bertz CT molecular complexity index is 685. The third-order valence-corrected chi connectivity index (χ3v) is 4.60. The number of halogens is 1. The summed E-state index contributed by atoms with van der Waals surface area (Å²) >= 11 is 6.04. The summed E-state index contributed by atoms with van der Waals surface area (Å²) in [7, 11) is 0. The Balaban J connectivity index is 0.000000290. The predicted octanol–water partition coefficient (Wildman–Crippen LogP) is 2.77. The van der Waals surface area contributed by atoms with E-state index in [4.69, 9.17) is 16.3 Å². The average Bonchev–Trinajstić information content (AvgIpc) is 2.63. The van der Waals surface area contributed by atoms with E-state index < -0.39 is 5.97 Å². The highest BCUT2D eigenvalue weighted by molar-refractivity contribution is 6.32. The Hall–Kier alpha value is -2.04. The molecule has 26 heavy (non-hydrogen) atoms. The molecule has 4 nitrogen and oxygen atoms in total. The van der Waals surface area contributed by atoms with Crippen LogP contribution in [0.2, 0.25) is 5.02 Å². The van der Waals surface area contributed by atoms with Gasteiger partial charge >= 0.3 is 0 Å². The van der Waals surface area contributed by atoms with Gasteiger partial charge in [-0.1, -0.05) is 54.4 Å². The summed E-state index contributed by atoms with van der Waals surface area (Å²) in [5.41, 5.74) is 5.63. The molecule has 3 rings (SSSR count). The van der Waals surface area contributed by atoms with Crippen LogP contribution in [0.5, 0.6) is 5.75 Å². The molecule has 0 aromatic heterocycles. The van der Waals surface area contributed by atoms with Crippen LogP contribution in [0.4, 0.5) is 0 Å². The number of carbonyl (C=O) groups excluding carboxylic acids is 1. The fourth-order valence-electron chi connectivity index (χ4n) is 2.86. The van der Waals surface area contributed by atoms with Crippen LogP contribution in [0.25, 0.3) is 0 Å². The monoisotopic (exact) mass is 375 g/mol. The van der Waals surface area contributed by atoms with E-state index in [9.17, 15) is 9.90 Å². The Labute approximate surface area is 159 Å². The molecule has 1 aliphatic rings. The lowest BCUT2D eigenvalue weighted by Crippen LogP contribution is -2.61. The van der Waals surface area contributed by atoms with Crippen molar-refractivity contribution in [3.8, 4) is 5.75 Å². The van der Waals surface area contributed by atoms with Gasteiger partial charge in [0.1, 0.15) is 12.4 Å². The number of hydrogen-bond acceptors (Lipinski definition) is 3. The number of hydrogen-bond donors (Lipinski definition) is 1. The van der Waals surface area contributed by atoms with E-state index in [1.165, 1.54) is 32.1 Å². The molecule has 0 atom stereocenters. The number of benzene rings is 2. The van der Waals surface area contributed by atoms with Crippen molar-refractivity contribution in [1.29, 1.82) is 0 Å². The van der Waals surface area contributed by atoms with Gasteiger partial charge in [-0.2, -0.15) is 0 Å². The Morgan fingerprint density at radius 1 is 1.08 bits per heavy atom. The lowest BCUT2D eigenvalue weighted by molar-refractivity contribution is -0.425. The van der Waals surface area contributed by atoms with Crippen LogP contribution in [0.3, 0.4) is 0 Å². The SMILES string of the molecule is O=C([O-])Cc1ccc(OCc2ccccc2)c(Cl)c1.[NH3+]C1CCCCC1. The van der Waals surface area contributed by atoms with Crippen molar-refractivity contribution in [2.24, 2.45) is 0 Å². The zero-order valence-corrected chi connectivity index (χ0v) is 15.7. The van der Waals surface area contributed by atoms with E-state index in [2.05, 4.69) is 5.73 Å². The molecule has 1 saturated carbocycles. The topological polar surface area (TPSA) is 77.0 Å². The second kappa shape index (κ2) is 10.8. The van der Waals surface area contributed by atoms with Gasteiger partial charge in [-0.25, -0.2) is 0 Å². The number of aliphatic carboxylic acids is 1. The van der Waals surface area contributed by atoms with Gasteiger partial charge in [-0.15, -0.1) is 0 Å². The number of carboxylic acid groups (broad SMARTS) is 1. The Morgan fingerprint density at radius 3 is 2.31 bits per heavy atom. The summed E-state index contributed by atoms with van der Waals surface area (Å²) < 4.78 is 5.59. The Kier molecular flexibility index (Phi) is 8.45. The van der Waals surface area contributed by atoms with Gasteiger partial charge < -0.3 is 20.4 Å². The zero-order valence-electron chi connectivity index (χ0n) is 15.0. The van der Waals surface area contributed by atoms with Crippen LogP contribution in [0.1, 0.15) is 43.2 Å². The van der Waals surface area contributed by atoms with Gasteiger partial charge in [-0.05, 0) is 48.9 Å². The summed E-state index contributed by atoms with van der Waals surface area (Å²) in [6.07, 6.45) is 6.90. The van der Waals surface area contributed by atoms with Crippen molar-refractivity contribution >= 4 is 17.6 Å². The molecule has 0 spiro atoms. The van der Waals surface area contributed by atoms with Crippen molar-refractivity contribution in [3.05, 3.63) is 64.7 Å². The lowest BCUT2D eigenvalue weighted by atomic mass is 9.97. The molecule has 0 aliphatic heterocycles. The first-order valence-electron chi connectivity index (χ1n) is 9.02. The highest BCUT2D eigenvalue weighted by atomic mass is 35.5. The van der Waals surface area contributed by atoms with Crippen molar-refractivity contribution in [2.45, 2.75) is 51.2 Å². The van der Waals surface area contributed by atoms with E-state index >= 15 is 0 Å². The predicted molar refractivity (Wildman–Crippen MR) is 101 cm³/mol. The van der Waals surface area contributed by atoms with Crippen LogP contribution in [-0.4, -0.2) is 12.0 Å². The fourth-order valence-corrected chi connectivity index (χ4v) is 3.12. The molecule has 1 fully saturated rings. The number of rotatable bonds is 5. The van der Waals surface area contributed by atoms with Crippen molar-refractivity contribution < 1.29 is 20.4 Å². The molecule has 5 heteroatoms. The quantitative estimate of drug-likeness (QED) is 0.872. The van der Waals surface area contributed by atoms with E-state index in [0.717, 1.165) is 11.6 Å². The summed E-state index contributed by atoms with van der Waals surface area (Å²) in [5.74, 6) is -0.596.